The lowest BCUT2D eigenvalue weighted by Gasteiger charge is -2.28. The average Bonchev–Trinajstić information content (AvgIpc) is 2.99. The first-order valence-electron chi connectivity index (χ1n) is 7.31. The Hall–Kier alpha value is -0.290. The van der Waals surface area contributed by atoms with Crippen LogP contribution in [0.2, 0.25) is 0 Å². The quantitative estimate of drug-likeness (QED) is 0.766. The van der Waals surface area contributed by atoms with Gasteiger partial charge in [0.05, 0.1) is 10.4 Å². The predicted molar refractivity (Wildman–Crippen MR) is 85.4 cm³/mol. The van der Waals surface area contributed by atoms with E-state index in [1.165, 1.54) is 6.42 Å². The maximum absolute atomic E-state index is 12.5. The molecule has 2 saturated carbocycles. The fraction of sp³-hybridized carbons (Fsp3) is 0.857. The minimum atomic E-state index is -0.550. The molecule has 19 heavy (non-hydrogen) atoms. The topological polar surface area (TPSA) is 55.1 Å². The number of thioether (sulfide) groups is 1. The number of thiocarbonyl (C=S) groups is 1. The molecule has 2 aliphatic carbocycles. The summed E-state index contributed by atoms with van der Waals surface area (Å²) in [5.41, 5.74) is 5.30. The Labute approximate surface area is 125 Å². The van der Waals surface area contributed by atoms with E-state index < -0.39 is 5.41 Å². The average molecular weight is 300 g/mol. The molecule has 2 atom stereocenters. The van der Waals surface area contributed by atoms with Crippen LogP contribution in [0.25, 0.3) is 0 Å². The number of hydrogen-bond donors (Lipinski definition) is 2. The van der Waals surface area contributed by atoms with Crippen molar-refractivity contribution in [2.75, 3.05) is 5.75 Å². The molecule has 2 rings (SSSR count). The summed E-state index contributed by atoms with van der Waals surface area (Å²) in [5, 5.41) is 3.92. The number of hydrogen-bond acceptors (Lipinski definition) is 3. The van der Waals surface area contributed by atoms with Crippen molar-refractivity contribution in [1.82, 2.24) is 5.32 Å². The molecule has 5 heteroatoms. The lowest BCUT2D eigenvalue weighted by molar-refractivity contribution is -0.128. The summed E-state index contributed by atoms with van der Waals surface area (Å²) < 4.78 is 0. The Morgan fingerprint density at radius 1 is 1.42 bits per heavy atom. The molecule has 2 unspecified atom stereocenters. The zero-order valence-electron chi connectivity index (χ0n) is 11.6. The van der Waals surface area contributed by atoms with Crippen LogP contribution in [0.4, 0.5) is 0 Å². The van der Waals surface area contributed by atoms with Crippen molar-refractivity contribution in [1.29, 1.82) is 0 Å². The van der Waals surface area contributed by atoms with E-state index in [0.29, 0.717) is 16.3 Å². The van der Waals surface area contributed by atoms with E-state index in [2.05, 4.69) is 12.2 Å². The van der Waals surface area contributed by atoms with Crippen molar-refractivity contribution in [3.63, 3.8) is 0 Å². The highest BCUT2D eigenvalue weighted by atomic mass is 32.2. The predicted octanol–water partition coefficient (Wildman–Crippen LogP) is 2.62. The molecule has 0 radical (unpaired) electrons. The van der Waals surface area contributed by atoms with Crippen molar-refractivity contribution < 1.29 is 4.79 Å². The van der Waals surface area contributed by atoms with Crippen LogP contribution in [0.15, 0.2) is 0 Å². The highest BCUT2D eigenvalue weighted by Gasteiger charge is 2.44. The monoisotopic (exact) mass is 300 g/mol. The van der Waals surface area contributed by atoms with Gasteiger partial charge >= 0.3 is 0 Å². The minimum Gasteiger partial charge on any atom is -0.392 e. The lowest BCUT2D eigenvalue weighted by atomic mass is 9.84. The van der Waals surface area contributed by atoms with Crippen LogP contribution in [0, 0.1) is 5.41 Å². The zero-order valence-corrected chi connectivity index (χ0v) is 13.2. The van der Waals surface area contributed by atoms with Crippen molar-refractivity contribution in [3.8, 4) is 0 Å². The number of nitrogens with two attached hydrogens (primary N) is 1. The third-order valence-electron chi connectivity index (χ3n) is 4.49. The van der Waals surface area contributed by atoms with Crippen LogP contribution in [-0.2, 0) is 4.79 Å². The molecular weight excluding hydrogens is 276 g/mol. The molecule has 0 spiro atoms. The van der Waals surface area contributed by atoms with Crippen LogP contribution in [0.1, 0.15) is 51.9 Å². The van der Waals surface area contributed by atoms with Crippen LogP contribution in [0.3, 0.4) is 0 Å². The van der Waals surface area contributed by atoms with Crippen LogP contribution in [0.5, 0.6) is 0 Å². The third kappa shape index (κ3) is 3.24. The van der Waals surface area contributed by atoms with Crippen LogP contribution in [-0.4, -0.2) is 27.9 Å². The normalized spacial score (nSPS) is 29.3. The second-order valence-corrected chi connectivity index (χ2v) is 7.73. The van der Waals surface area contributed by atoms with Crippen molar-refractivity contribution >= 4 is 34.9 Å². The maximum atomic E-state index is 12.5. The van der Waals surface area contributed by atoms with Gasteiger partial charge in [-0.15, -0.1) is 0 Å². The Morgan fingerprint density at radius 3 is 2.68 bits per heavy atom. The summed E-state index contributed by atoms with van der Waals surface area (Å²) in [6, 6.07) is 0.323. The molecular formula is C14H24N2OS2. The highest BCUT2D eigenvalue weighted by molar-refractivity contribution is 7.99. The molecule has 108 valence electrons. The first-order chi connectivity index (χ1) is 9.08. The van der Waals surface area contributed by atoms with Crippen LogP contribution >= 0.6 is 24.0 Å². The van der Waals surface area contributed by atoms with Gasteiger partial charge in [0, 0.05) is 11.3 Å². The van der Waals surface area contributed by atoms with Gasteiger partial charge in [0.1, 0.15) is 0 Å². The summed E-state index contributed by atoms with van der Waals surface area (Å²) >= 11 is 7.17. The number of rotatable bonds is 5. The van der Waals surface area contributed by atoms with E-state index in [4.69, 9.17) is 18.0 Å². The number of amides is 1. The van der Waals surface area contributed by atoms with Crippen molar-refractivity contribution in [2.24, 2.45) is 11.1 Å². The highest BCUT2D eigenvalue weighted by Crippen LogP contribution is 2.39. The number of carbonyl (C=O) groups is 1. The molecule has 0 aliphatic heterocycles. The molecule has 2 aliphatic rings. The molecule has 0 aromatic heterocycles. The van der Waals surface area contributed by atoms with Gasteiger partial charge in [-0.05, 0) is 37.9 Å². The molecule has 0 bridgehead atoms. The summed E-state index contributed by atoms with van der Waals surface area (Å²) in [4.78, 5) is 12.9. The molecule has 0 aromatic rings. The standard InChI is InChI=1S/C14H24N2OS2/c1-2-19-11-6-5-10(9-11)16-13(17)14(12(15)18)7-3-4-8-14/h10-11H,2-9H2,1H3,(H2,15,18)(H,16,17). The fourth-order valence-corrected chi connectivity index (χ4v) is 4.79. The lowest BCUT2D eigenvalue weighted by Crippen LogP contribution is -2.49. The van der Waals surface area contributed by atoms with E-state index in [-0.39, 0.29) is 5.91 Å². The Balaban J connectivity index is 1.92. The largest absolute Gasteiger partial charge is 0.392 e. The van der Waals surface area contributed by atoms with Crippen LogP contribution < -0.4 is 11.1 Å². The second kappa shape index (κ2) is 6.44. The summed E-state index contributed by atoms with van der Waals surface area (Å²) in [6.45, 7) is 2.19. The molecule has 3 N–H and O–H groups in total. The van der Waals surface area contributed by atoms with Gasteiger partial charge in [-0.25, -0.2) is 0 Å². The van der Waals surface area contributed by atoms with Gasteiger partial charge in [-0.1, -0.05) is 32.0 Å². The summed E-state index contributed by atoms with van der Waals surface area (Å²) in [6.07, 6.45) is 7.17. The first kappa shape index (κ1) is 15.1. The van der Waals surface area contributed by atoms with E-state index in [1.54, 1.807) is 0 Å². The van der Waals surface area contributed by atoms with E-state index in [1.807, 2.05) is 11.8 Å². The van der Waals surface area contributed by atoms with Crippen molar-refractivity contribution in [2.45, 2.75) is 63.2 Å². The minimum absolute atomic E-state index is 0.0876. The first-order valence-corrected chi connectivity index (χ1v) is 8.76. The smallest absolute Gasteiger partial charge is 0.233 e. The molecule has 2 fully saturated rings. The zero-order chi connectivity index (χ0) is 13.9. The Morgan fingerprint density at radius 2 is 2.11 bits per heavy atom. The van der Waals surface area contributed by atoms with Gasteiger partial charge in [-0.3, -0.25) is 4.79 Å². The fourth-order valence-electron chi connectivity index (χ4n) is 3.35. The molecule has 0 saturated heterocycles. The Bertz CT molecular complexity index is 353. The van der Waals surface area contributed by atoms with Gasteiger partial charge in [-0.2, -0.15) is 11.8 Å². The van der Waals surface area contributed by atoms with Crippen molar-refractivity contribution in [3.05, 3.63) is 0 Å². The van der Waals surface area contributed by atoms with E-state index >= 15 is 0 Å². The van der Waals surface area contributed by atoms with Gasteiger partial charge in [0.25, 0.3) is 0 Å². The number of carbonyl (C=O) groups excluding carboxylic acids is 1. The second-order valence-electron chi connectivity index (χ2n) is 5.71. The van der Waals surface area contributed by atoms with Gasteiger partial charge in [0.2, 0.25) is 5.91 Å². The Kier molecular flexibility index (Phi) is 5.12. The van der Waals surface area contributed by atoms with Gasteiger partial charge in [0.15, 0.2) is 0 Å². The summed E-state index contributed by atoms with van der Waals surface area (Å²) in [7, 11) is 0. The maximum Gasteiger partial charge on any atom is 0.233 e. The van der Waals surface area contributed by atoms with Gasteiger partial charge < -0.3 is 11.1 Å². The van der Waals surface area contributed by atoms with E-state index in [0.717, 1.165) is 44.3 Å². The number of nitrogens with one attached hydrogen (secondary N) is 1. The molecule has 0 heterocycles. The SMILES string of the molecule is CCSC1CCC(NC(=O)C2(C(N)=S)CCCC2)C1. The van der Waals surface area contributed by atoms with E-state index in [9.17, 15) is 4.79 Å². The summed E-state index contributed by atoms with van der Waals surface area (Å²) in [5.74, 6) is 1.24. The molecule has 3 nitrogen and oxygen atoms in total. The third-order valence-corrected chi connectivity index (χ3v) is 6.11. The molecule has 0 aromatic carbocycles. The molecule has 1 amide bonds.